The summed E-state index contributed by atoms with van der Waals surface area (Å²) in [4.78, 5) is 18.6. The van der Waals surface area contributed by atoms with Gasteiger partial charge in [0, 0.05) is 12.6 Å². The SMILES string of the molecule is CC(=O)Nc1ccc(C)c(N=C(N)N=C(N)N)c1. The van der Waals surface area contributed by atoms with Crippen molar-refractivity contribution in [1.82, 2.24) is 0 Å². The van der Waals surface area contributed by atoms with E-state index in [1.165, 1.54) is 6.92 Å². The zero-order valence-electron chi connectivity index (χ0n) is 10.3. The van der Waals surface area contributed by atoms with E-state index in [1.807, 2.05) is 13.0 Å². The van der Waals surface area contributed by atoms with Gasteiger partial charge in [0.05, 0.1) is 5.69 Å². The molecule has 0 atom stereocenters. The first-order valence-corrected chi connectivity index (χ1v) is 5.20. The Hall–Kier alpha value is -2.57. The summed E-state index contributed by atoms with van der Waals surface area (Å²) < 4.78 is 0. The quantitative estimate of drug-likeness (QED) is 0.438. The molecule has 1 amide bonds. The van der Waals surface area contributed by atoms with Gasteiger partial charge in [-0.2, -0.15) is 4.99 Å². The first-order chi connectivity index (χ1) is 8.38. The maximum Gasteiger partial charge on any atom is 0.223 e. The van der Waals surface area contributed by atoms with Crippen LogP contribution in [0.3, 0.4) is 0 Å². The first kappa shape index (κ1) is 13.5. The van der Waals surface area contributed by atoms with E-state index in [1.54, 1.807) is 12.1 Å². The van der Waals surface area contributed by atoms with Crippen molar-refractivity contribution in [2.45, 2.75) is 13.8 Å². The number of aliphatic imine (C=N–C) groups is 2. The minimum Gasteiger partial charge on any atom is -0.370 e. The number of carbonyl (C=O) groups excluding carboxylic acids is 1. The highest BCUT2D eigenvalue weighted by atomic mass is 16.1. The molecule has 0 saturated carbocycles. The van der Waals surface area contributed by atoms with Gasteiger partial charge in [-0.15, -0.1) is 0 Å². The van der Waals surface area contributed by atoms with Crippen molar-refractivity contribution >= 4 is 29.2 Å². The number of carbonyl (C=O) groups is 1. The molecular formula is C11H16N6O. The van der Waals surface area contributed by atoms with E-state index in [9.17, 15) is 4.79 Å². The summed E-state index contributed by atoms with van der Waals surface area (Å²) in [5.41, 5.74) is 18.0. The van der Waals surface area contributed by atoms with Crippen LogP contribution in [0.1, 0.15) is 12.5 Å². The second-order valence-corrected chi connectivity index (χ2v) is 3.69. The summed E-state index contributed by atoms with van der Waals surface area (Å²) in [6, 6.07) is 5.27. The van der Waals surface area contributed by atoms with Crippen molar-refractivity contribution < 1.29 is 4.79 Å². The Morgan fingerprint density at radius 1 is 1.28 bits per heavy atom. The molecule has 0 bridgehead atoms. The van der Waals surface area contributed by atoms with Gasteiger partial charge in [0.25, 0.3) is 0 Å². The Balaban J connectivity index is 3.08. The molecule has 0 fully saturated rings. The number of amides is 1. The Labute approximate surface area is 105 Å². The Bertz CT molecular complexity index is 516. The van der Waals surface area contributed by atoms with E-state index in [-0.39, 0.29) is 17.8 Å². The molecule has 0 aliphatic carbocycles. The molecular weight excluding hydrogens is 232 g/mol. The number of nitrogens with two attached hydrogens (primary N) is 3. The van der Waals surface area contributed by atoms with Crippen LogP contribution in [0, 0.1) is 6.92 Å². The van der Waals surface area contributed by atoms with Crippen LogP contribution >= 0.6 is 0 Å². The summed E-state index contributed by atoms with van der Waals surface area (Å²) in [6.07, 6.45) is 0. The van der Waals surface area contributed by atoms with E-state index >= 15 is 0 Å². The molecule has 7 N–H and O–H groups in total. The van der Waals surface area contributed by atoms with Gasteiger partial charge in [-0.3, -0.25) is 4.79 Å². The summed E-state index contributed by atoms with van der Waals surface area (Å²) in [5, 5.41) is 2.65. The number of nitrogens with zero attached hydrogens (tertiary/aromatic N) is 2. The maximum absolute atomic E-state index is 11.0. The standard InChI is InChI=1S/C11H16N6O/c1-6-3-4-8(15-7(2)18)5-9(6)16-11(14)17-10(12)13/h3-5H,1-2H3,(H,15,18)(H6,12,13,14,16,17). The van der Waals surface area contributed by atoms with Gasteiger partial charge in [0.15, 0.2) is 5.96 Å². The van der Waals surface area contributed by atoms with Crippen LogP contribution in [-0.4, -0.2) is 17.8 Å². The predicted octanol–water partition coefficient (Wildman–Crippen LogP) is 0.173. The number of hydrogen-bond acceptors (Lipinski definition) is 2. The molecule has 0 aliphatic heterocycles. The minimum absolute atomic E-state index is 0.0434. The molecule has 7 heteroatoms. The Morgan fingerprint density at radius 3 is 2.50 bits per heavy atom. The number of anilines is 1. The topological polar surface area (TPSA) is 132 Å². The van der Waals surface area contributed by atoms with E-state index < -0.39 is 0 Å². The number of aryl methyl sites for hydroxylation is 1. The predicted molar refractivity (Wildman–Crippen MR) is 72.6 cm³/mol. The third-order valence-corrected chi connectivity index (χ3v) is 2.01. The molecule has 1 aromatic rings. The van der Waals surface area contributed by atoms with Gasteiger partial charge < -0.3 is 22.5 Å². The molecule has 0 saturated heterocycles. The average Bonchev–Trinajstić information content (AvgIpc) is 2.21. The monoisotopic (exact) mass is 248 g/mol. The van der Waals surface area contributed by atoms with Crippen LogP contribution in [0.5, 0.6) is 0 Å². The third kappa shape index (κ3) is 4.12. The summed E-state index contributed by atoms with van der Waals surface area (Å²) >= 11 is 0. The van der Waals surface area contributed by atoms with Crippen LogP contribution in [0.4, 0.5) is 11.4 Å². The molecule has 1 aromatic carbocycles. The molecule has 0 spiro atoms. The van der Waals surface area contributed by atoms with E-state index in [0.717, 1.165) is 5.56 Å². The largest absolute Gasteiger partial charge is 0.370 e. The van der Waals surface area contributed by atoms with Crippen LogP contribution in [-0.2, 0) is 4.79 Å². The highest BCUT2D eigenvalue weighted by Gasteiger charge is 2.02. The van der Waals surface area contributed by atoms with Gasteiger partial charge in [0.1, 0.15) is 0 Å². The fraction of sp³-hybridized carbons (Fsp3) is 0.182. The first-order valence-electron chi connectivity index (χ1n) is 5.20. The number of nitrogens with one attached hydrogen (secondary N) is 1. The van der Waals surface area contributed by atoms with Gasteiger partial charge in [-0.05, 0) is 24.6 Å². The molecule has 0 unspecified atom stereocenters. The molecule has 0 aliphatic rings. The second kappa shape index (κ2) is 5.67. The fourth-order valence-corrected chi connectivity index (χ4v) is 1.29. The molecule has 18 heavy (non-hydrogen) atoms. The van der Waals surface area contributed by atoms with Gasteiger partial charge in [0.2, 0.25) is 11.9 Å². The lowest BCUT2D eigenvalue weighted by Gasteiger charge is -2.06. The Kier molecular flexibility index (Phi) is 4.25. The second-order valence-electron chi connectivity index (χ2n) is 3.69. The van der Waals surface area contributed by atoms with Crippen molar-refractivity contribution in [3.8, 4) is 0 Å². The van der Waals surface area contributed by atoms with Crippen molar-refractivity contribution in [1.29, 1.82) is 0 Å². The minimum atomic E-state index is -0.161. The molecule has 1 rings (SSSR count). The molecule has 0 radical (unpaired) electrons. The molecule has 0 heterocycles. The van der Waals surface area contributed by atoms with Crippen molar-refractivity contribution in [3.63, 3.8) is 0 Å². The highest BCUT2D eigenvalue weighted by Crippen LogP contribution is 2.23. The zero-order chi connectivity index (χ0) is 13.7. The van der Waals surface area contributed by atoms with Gasteiger partial charge in [-0.1, -0.05) is 6.07 Å². The molecule has 96 valence electrons. The summed E-state index contributed by atoms with van der Waals surface area (Å²) in [5.74, 6) is -0.365. The molecule has 7 nitrogen and oxygen atoms in total. The van der Waals surface area contributed by atoms with E-state index in [0.29, 0.717) is 11.4 Å². The lowest BCUT2D eigenvalue weighted by atomic mass is 10.2. The lowest BCUT2D eigenvalue weighted by Crippen LogP contribution is -2.26. The smallest absolute Gasteiger partial charge is 0.223 e. The van der Waals surface area contributed by atoms with Crippen LogP contribution in [0.25, 0.3) is 0 Å². The lowest BCUT2D eigenvalue weighted by molar-refractivity contribution is -0.114. The van der Waals surface area contributed by atoms with E-state index in [4.69, 9.17) is 17.2 Å². The van der Waals surface area contributed by atoms with Gasteiger partial charge in [-0.25, -0.2) is 4.99 Å². The van der Waals surface area contributed by atoms with Crippen LogP contribution < -0.4 is 22.5 Å². The van der Waals surface area contributed by atoms with Crippen molar-refractivity contribution in [2.24, 2.45) is 27.2 Å². The van der Waals surface area contributed by atoms with Crippen molar-refractivity contribution in [2.75, 3.05) is 5.32 Å². The van der Waals surface area contributed by atoms with Crippen LogP contribution in [0.2, 0.25) is 0 Å². The van der Waals surface area contributed by atoms with Crippen molar-refractivity contribution in [3.05, 3.63) is 23.8 Å². The molecule has 0 aromatic heterocycles. The zero-order valence-corrected chi connectivity index (χ0v) is 10.3. The highest BCUT2D eigenvalue weighted by molar-refractivity contribution is 5.94. The number of guanidine groups is 2. The van der Waals surface area contributed by atoms with Crippen LogP contribution in [0.15, 0.2) is 28.2 Å². The maximum atomic E-state index is 11.0. The fourth-order valence-electron chi connectivity index (χ4n) is 1.29. The average molecular weight is 248 g/mol. The Morgan fingerprint density at radius 2 is 1.94 bits per heavy atom. The summed E-state index contributed by atoms with van der Waals surface area (Å²) in [6.45, 7) is 3.29. The number of hydrogen-bond donors (Lipinski definition) is 4. The van der Waals surface area contributed by atoms with E-state index in [2.05, 4.69) is 15.3 Å². The van der Waals surface area contributed by atoms with Gasteiger partial charge >= 0.3 is 0 Å². The summed E-state index contributed by atoms with van der Waals surface area (Å²) in [7, 11) is 0. The number of benzene rings is 1. The third-order valence-electron chi connectivity index (χ3n) is 2.01. The number of rotatable bonds is 2. The normalized spacial score (nSPS) is 10.9.